The quantitative estimate of drug-likeness (QED) is 0.522. The zero-order valence-corrected chi connectivity index (χ0v) is 20.2. The molecule has 3 rings (SSSR count). The molecule has 0 saturated heterocycles. The van der Waals surface area contributed by atoms with E-state index in [4.69, 9.17) is 16.3 Å². The Labute approximate surface area is 197 Å². The van der Waals surface area contributed by atoms with Crippen molar-refractivity contribution >= 4 is 27.5 Å². The Morgan fingerprint density at radius 2 is 1.88 bits per heavy atom. The molecule has 0 spiro atoms. The smallest absolute Gasteiger partial charge is 0.410 e. The first kappa shape index (κ1) is 24.3. The highest BCUT2D eigenvalue weighted by Gasteiger charge is 2.27. The molecule has 0 aliphatic heterocycles. The van der Waals surface area contributed by atoms with Crippen LogP contribution in [0, 0.1) is 11.3 Å². The molecule has 2 aromatic carbocycles. The second-order valence-electron chi connectivity index (χ2n) is 8.32. The van der Waals surface area contributed by atoms with Crippen LogP contribution in [0.2, 0.25) is 5.02 Å². The van der Waals surface area contributed by atoms with Gasteiger partial charge < -0.3 is 9.64 Å². The summed E-state index contributed by atoms with van der Waals surface area (Å²) in [4.78, 5) is 13.6. The van der Waals surface area contributed by atoms with E-state index in [2.05, 4.69) is 5.10 Å². The number of amides is 1. The number of nitrogens with zero attached hydrogens (tertiary/aromatic N) is 4. The van der Waals surface area contributed by atoms with Crippen molar-refractivity contribution in [1.82, 2.24) is 14.7 Å². The van der Waals surface area contributed by atoms with Crippen LogP contribution in [0.3, 0.4) is 0 Å². The summed E-state index contributed by atoms with van der Waals surface area (Å²) < 4.78 is 33.6. The van der Waals surface area contributed by atoms with Gasteiger partial charge in [0.15, 0.2) is 5.03 Å². The van der Waals surface area contributed by atoms with Gasteiger partial charge in [0.2, 0.25) is 9.84 Å². The third-order valence-corrected chi connectivity index (χ3v) is 6.50. The monoisotopic (exact) mass is 486 g/mol. The number of hydrogen-bond acceptors (Lipinski definition) is 6. The van der Waals surface area contributed by atoms with Crippen molar-refractivity contribution in [1.29, 1.82) is 5.26 Å². The van der Waals surface area contributed by atoms with E-state index in [9.17, 15) is 18.5 Å². The second kappa shape index (κ2) is 9.25. The van der Waals surface area contributed by atoms with Crippen molar-refractivity contribution in [3.05, 3.63) is 70.9 Å². The summed E-state index contributed by atoms with van der Waals surface area (Å²) in [6.45, 7) is 5.27. The lowest BCUT2D eigenvalue weighted by Gasteiger charge is -2.24. The molecule has 3 aromatic rings. The number of carbonyl (C=O) groups excluding carboxylic acids is 1. The number of halogens is 1. The van der Waals surface area contributed by atoms with E-state index in [-0.39, 0.29) is 22.0 Å². The van der Waals surface area contributed by atoms with Crippen molar-refractivity contribution in [3.8, 4) is 11.8 Å². The molecule has 0 unspecified atom stereocenters. The standard InChI is InChI=1S/C23H23ClN4O4S/c1-23(2,3)32-22(29)27(4)15-17-13-21(28(26-17)20-11-6-5-10-19(20)24)33(30,31)18-9-7-8-16(12-18)14-25/h5-13H,15H2,1-4H3. The van der Waals surface area contributed by atoms with Gasteiger partial charge in [-0.3, -0.25) is 0 Å². The minimum atomic E-state index is -4.08. The predicted molar refractivity (Wildman–Crippen MR) is 123 cm³/mol. The van der Waals surface area contributed by atoms with Crippen molar-refractivity contribution < 1.29 is 17.9 Å². The minimum absolute atomic E-state index is 0.00706. The van der Waals surface area contributed by atoms with Crippen LogP contribution in [-0.4, -0.2) is 41.8 Å². The lowest BCUT2D eigenvalue weighted by Crippen LogP contribution is -2.33. The molecule has 0 bridgehead atoms. The summed E-state index contributed by atoms with van der Waals surface area (Å²) in [6.07, 6.45) is -0.569. The van der Waals surface area contributed by atoms with Crippen LogP contribution in [0.4, 0.5) is 4.79 Å². The molecule has 0 saturated carbocycles. The number of nitriles is 1. The van der Waals surface area contributed by atoms with Gasteiger partial charge in [0.05, 0.1) is 39.5 Å². The SMILES string of the molecule is CN(Cc1cc(S(=O)(=O)c2cccc(C#N)c2)n(-c2ccccc2Cl)n1)C(=O)OC(C)(C)C. The van der Waals surface area contributed by atoms with E-state index in [1.165, 1.54) is 47.0 Å². The van der Waals surface area contributed by atoms with Crippen LogP contribution < -0.4 is 0 Å². The average Bonchev–Trinajstić information content (AvgIpc) is 3.17. The van der Waals surface area contributed by atoms with Gasteiger partial charge in [0.25, 0.3) is 0 Å². The van der Waals surface area contributed by atoms with E-state index in [1.807, 2.05) is 6.07 Å². The zero-order valence-electron chi connectivity index (χ0n) is 18.6. The molecule has 0 fully saturated rings. The van der Waals surface area contributed by atoms with Crippen LogP contribution in [0.15, 0.2) is 64.5 Å². The van der Waals surface area contributed by atoms with Crippen molar-refractivity contribution in [2.24, 2.45) is 0 Å². The maximum absolute atomic E-state index is 13.5. The molecule has 0 aliphatic carbocycles. The number of hydrogen-bond donors (Lipinski definition) is 0. The lowest BCUT2D eigenvalue weighted by atomic mass is 10.2. The Bertz CT molecular complexity index is 1340. The minimum Gasteiger partial charge on any atom is -0.444 e. The van der Waals surface area contributed by atoms with Gasteiger partial charge in [-0.1, -0.05) is 29.8 Å². The average molecular weight is 487 g/mol. The Kier molecular flexibility index (Phi) is 6.81. The van der Waals surface area contributed by atoms with Crippen LogP contribution in [0.25, 0.3) is 5.69 Å². The highest BCUT2D eigenvalue weighted by molar-refractivity contribution is 7.91. The number of aromatic nitrogens is 2. The van der Waals surface area contributed by atoms with E-state index in [0.717, 1.165) is 0 Å². The first-order valence-electron chi connectivity index (χ1n) is 9.95. The summed E-state index contributed by atoms with van der Waals surface area (Å²) in [5, 5.41) is 13.8. The molecule has 0 N–H and O–H groups in total. The molecule has 1 aromatic heterocycles. The molecule has 8 nitrogen and oxygen atoms in total. The number of sulfone groups is 1. The molecule has 1 heterocycles. The number of carbonyl (C=O) groups is 1. The van der Waals surface area contributed by atoms with Gasteiger partial charge in [-0.05, 0) is 51.1 Å². The van der Waals surface area contributed by atoms with Gasteiger partial charge in [-0.25, -0.2) is 17.9 Å². The van der Waals surface area contributed by atoms with Gasteiger partial charge in [0.1, 0.15) is 5.60 Å². The fraction of sp³-hybridized carbons (Fsp3) is 0.261. The maximum atomic E-state index is 13.5. The fourth-order valence-electron chi connectivity index (χ4n) is 2.98. The Morgan fingerprint density at radius 1 is 1.18 bits per heavy atom. The molecular weight excluding hydrogens is 464 g/mol. The molecule has 10 heteroatoms. The largest absolute Gasteiger partial charge is 0.444 e. The van der Waals surface area contributed by atoms with Gasteiger partial charge in [-0.15, -0.1) is 0 Å². The molecule has 0 aliphatic rings. The summed E-state index contributed by atoms with van der Waals surface area (Å²) >= 11 is 6.33. The van der Waals surface area contributed by atoms with Gasteiger partial charge in [-0.2, -0.15) is 10.4 Å². The zero-order chi connectivity index (χ0) is 24.4. The van der Waals surface area contributed by atoms with E-state index >= 15 is 0 Å². The molecule has 33 heavy (non-hydrogen) atoms. The Hall–Kier alpha value is -3.35. The Balaban J connectivity index is 2.09. The third kappa shape index (κ3) is 5.53. The lowest BCUT2D eigenvalue weighted by molar-refractivity contribution is 0.0283. The van der Waals surface area contributed by atoms with Gasteiger partial charge in [0, 0.05) is 13.1 Å². The van der Waals surface area contributed by atoms with Gasteiger partial charge >= 0.3 is 6.09 Å². The van der Waals surface area contributed by atoms with E-state index in [1.54, 1.807) is 45.0 Å². The van der Waals surface area contributed by atoms with Crippen LogP contribution in [-0.2, 0) is 21.1 Å². The summed E-state index contributed by atoms with van der Waals surface area (Å²) in [6, 6.07) is 15.7. The molecule has 172 valence electrons. The maximum Gasteiger partial charge on any atom is 0.410 e. The van der Waals surface area contributed by atoms with E-state index in [0.29, 0.717) is 16.4 Å². The number of benzene rings is 2. The highest BCUT2D eigenvalue weighted by atomic mass is 35.5. The van der Waals surface area contributed by atoms with Crippen LogP contribution >= 0.6 is 11.6 Å². The first-order valence-corrected chi connectivity index (χ1v) is 11.8. The summed E-state index contributed by atoms with van der Waals surface area (Å²) in [7, 11) is -2.54. The number of ether oxygens (including phenoxy) is 1. The van der Waals surface area contributed by atoms with Crippen molar-refractivity contribution in [2.75, 3.05) is 7.05 Å². The second-order valence-corrected chi connectivity index (χ2v) is 10.6. The van der Waals surface area contributed by atoms with Crippen molar-refractivity contribution in [3.63, 3.8) is 0 Å². The summed E-state index contributed by atoms with van der Waals surface area (Å²) in [5.41, 5.74) is 0.214. The molecule has 0 radical (unpaired) electrons. The highest BCUT2D eigenvalue weighted by Crippen LogP contribution is 2.28. The first-order chi connectivity index (χ1) is 15.4. The van der Waals surface area contributed by atoms with Crippen LogP contribution in [0.5, 0.6) is 0 Å². The third-order valence-electron chi connectivity index (χ3n) is 4.46. The summed E-state index contributed by atoms with van der Waals surface area (Å²) in [5.74, 6) is 0. The molecule has 0 atom stereocenters. The Morgan fingerprint density at radius 3 is 2.52 bits per heavy atom. The number of rotatable bonds is 5. The normalized spacial score (nSPS) is 11.6. The molecular formula is C23H23ClN4O4S. The predicted octanol–water partition coefficient (Wildman–Crippen LogP) is 4.60. The topological polar surface area (TPSA) is 105 Å². The van der Waals surface area contributed by atoms with Crippen molar-refractivity contribution in [2.45, 2.75) is 42.8 Å². The van der Waals surface area contributed by atoms with Crippen LogP contribution in [0.1, 0.15) is 32.0 Å². The number of para-hydroxylation sites is 1. The molecule has 1 amide bonds. The fourth-order valence-corrected chi connectivity index (χ4v) is 4.63. The van der Waals surface area contributed by atoms with E-state index < -0.39 is 21.5 Å².